The molecule has 1 aliphatic carbocycles. The molecule has 0 radical (unpaired) electrons. The summed E-state index contributed by atoms with van der Waals surface area (Å²) in [5.74, 6) is -0.782. The van der Waals surface area contributed by atoms with Crippen molar-refractivity contribution >= 4 is 34.4 Å². The number of carbonyl (C=O) groups is 3. The lowest BCUT2D eigenvalue weighted by atomic mass is 9.97. The van der Waals surface area contributed by atoms with Crippen LogP contribution in [-0.4, -0.2) is 45.6 Å². The number of nitrogens with one attached hydrogen (secondary N) is 2. The highest BCUT2D eigenvalue weighted by atomic mass is 16.6. The Hall–Kier alpha value is -4.07. The number of nitrogens with zero attached hydrogens (tertiary/aromatic N) is 1. The van der Waals surface area contributed by atoms with Gasteiger partial charge in [-0.2, -0.15) is 0 Å². The first-order valence-corrected chi connectivity index (χ1v) is 14.2. The van der Waals surface area contributed by atoms with Crippen molar-refractivity contribution in [3.05, 3.63) is 71.8 Å². The number of carbonyl (C=O) groups excluding carboxylic acids is 3. The van der Waals surface area contributed by atoms with Crippen LogP contribution in [0.15, 0.2) is 60.7 Å². The molecule has 0 aliphatic heterocycles. The van der Waals surface area contributed by atoms with Gasteiger partial charge in [-0.25, -0.2) is 4.79 Å². The van der Waals surface area contributed by atoms with Crippen LogP contribution in [0.5, 0.6) is 5.75 Å². The molecular weight excluding hydrogens is 518 g/mol. The van der Waals surface area contributed by atoms with E-state index in [4.69, 9.17) is 4.74 Å². The minimum atomic E-state index is -1.11. The molecule has 1 aliphatic rings. The number of aromatic hydroxyl groups is 1. The Bertz CT molecular complexity index is 1420. The molecule has 0 bridgehead atoms. The zero-order valence-electron chi connectivity index (χ0n) is 24.7. The molecule has 8 nitrogen and oxygen atoms in total. The van der Waals surface area contributed by atoms with Gasteiger partial charge in [0, 0.05) is 17.3 Å². The van der Waals surface area contributed by atoms with Crippen LogP contribution >= 0.6 is 0 Å². The largest absolute Gasteiger partial charge is 0.507 e. The number of ether oxygens (including phenoxy) is 1. The van der Waals surface area contributed by atoms with Crippen LogP contribution in [0.2, 0.25) is 0 Å². The van der Waals surface area contributed by atoms with Gasteiger partial charge >= 0.3 is 6.09 Å². The number of phenols is 1. The molecule has 41 heavy (non-hydrogen) atoms. The summed E-state index contributed by atoms with van der Waals surface area (Å²) in [6, 6.07) is 16.4. The first-order valence-electron chi connectivity index (χ1n) is 14.2. The van der Waals surface area contributed by atoms with E-state index in [1.807, 2.05) is 56.3 Å². The topological polar surface area (TPSA) is 108 Å². The predicted octanol–water partition coefficient (Wildman–Crippen LogP) is 6.46. The smallest absolute Gasteiger partial charge is 0.408 e. The number of alkyl carbamates (subject to hydrolysis) is 1. The molecule has 3 amide bonds. The number of anilines is 1. The summed E-state index contributed by atoms with van der Waals surface area (Å²) in [5, 5.41) is 18.9. The lowest BCUT2D eigenvalue weighted by Gasteiger charge is -2.35. The number of para-hydroxylation sites is 1. The van der Waals surface area contributed by atoms with Gasteiger partial charge in [0.15, 0.2) is 0 Å². The van der Waals surface area contributed by atoms with E-state index in [2.05, 4.69) is 10.6 Å². The van der Waals surface area contributed by atoms with E-state index in [9.17, 15) is 19.5 Å². The SMILES string of the molecule is Cc1cccc(C(C(=O)Nc2ccc3ccccc3c2)N(C(=O)C(CC(C)C)NC(=O)OC(C)(C)C)C2CC2)c1O. The van der Waals surface area contributed by atoms with Crippen molar-refractivity contribution in [2.45, 2.75) is 84.5 Å². The second-order valence-corrected chi connectivity index (χ2v) is 12.3. The van der Waals surface area contributed by atoms with Crippen molar-refractivity contribution < 1.29 is 24.2 Å². The average molecular weight is 560 g/mol. The lowest BCUT2D eigenvalue weighted by molar-refractivity contribution is -0.141. The summed E-state index contributed by atoms with van der Waals surface area (Å²) in [4.78, 5) is 42.7. The summed E-state index contributed by atoms with van der Waals surface area (Å²) in [7, 11) is 0. The van der Waals surface area contributed by atoms with Crippen LogP contribution in [0.3, 0.4) is 0 Å². The van der Waals surface area contributed by atoms with Crippen molar-refractivity contribution in [3.8, 4) is 5.75 Å². The Balaban J connectivity index is 1.73. The number of fused-ring (bicyclic) bond motifs is 1. The number of aryl methyl sites for hydroxylation is 1. The number of amides is 3. The molecule has 0 heterocycles. The maximum atomic E-state index is 14.3. The van der Waals surface area contributed by atoms with E-state index in [1.165, 1.54) is 0 Å². The fourth-order valence-corrected chi connectivity index (χ4v) is 4.99. The Kier molecular flexibility index (Phi) is 8.90. The summed E-state index contributed by atoms with van der Waals surface area (Å²) in [5.41, 5.74) is 0.782. The predicted molar refractivity (Wildman–Crippen MR) is 161 cm³/mol. The molecule has 4 rings (SSSR count). The molecular formula is C33H41N3O5. The summed E-state index contributed by atoms with van der Waals surface area (Å²) >= 11 is 0. The van der Waals surface area contributed by atoms with Crippen LogP contribution in [0, 0.1) is 12.8 Å². The highest BCUT2D eigenvalue weighted by Crippen LogP contribution is 2.40. The molecule has 2 atom stereocenters. The third-order valence-corrected chi connectivity index (χ3v) is 7.00. The Labute approximate surface area is 242 Å². The number of hydrogen-bond acceptors (Lipinski definition) is 5. The average Bonchev–Trinajstić information content (AvgIpc) is 3.72. The van der Waals surface area contributed by atoms with Crippen molar-refractivity contribution in [2.75, 3.05) is 5.32 Å². The van der Waals surface area contributed by atoms with E-state index in [0.29, 0.717) is 23.2 Å². The minimum Gasteiger partial charge on any atom is -0.507 e. The van der Waals surface area contributed by atoms with Crippen molar-refractivity contribution in [1.29, 1.82) is 0 Å². The van der Waals surface area contributed by atoms with Gasteiger partial charge in [-0.3, -0.25) is 9.59 Å². The van der Waals surface area contributed by atoms with Gasteiger partial charge in [-0.1, -0.05) is 62.4 Å². The minimum absolute atomic E-state index is 0.0369. The molecule has 1 fully saturated rings. The highest BCUT2D eigenvalue weighted by Gasteiger charge is 2.45. The van der Waals surface area contributed by atoms with Crippen LogP contribution in [0.1, 0.15) is 71.0 Å². The molecule has 3 N–H and O–H groups in total. The van der Waals surface area contributed by atoms with Gasteiger partial charge < -0.3 is 25.4 Å². The van der Waals surface area contributed by atoms with E-state index in [1.54, 1.807) is 50.8 Å². The Morgan fingerprint density at radius 3 is 2.32 bits per heavy atom. The van der Waals surface area contributed by atoms with Crippen molar-refractivity contribution in [2.24, 2.45) is 5.92 Å². The number of phenolic OH excluding ortho intramolecular Hbond substituents is 1. The molecule has 1 saturated carbocycles. The fourth-order valence-electron chi connectivity index (χ4n) is 4.99. The molecule has 3 aromatic carbocycles. The summed E-state index contributed by atoms with van der Waals surface area (Å²) in [6.07, 6.45) is 1.11. The van der Waals surface area contributed by atoms with Gasteiger partial charge in [0.1, 0.15) is 23.4 Å². The van der Waals surface area contributed by atoms with E-state index in [0.717, 1.165) is 23.6 Å². The van der Waals surface area contributed by atoms with Crippen LogP contribution < -0.4 is 10.6 Å². The molecule has 3 aromatic rings. The number of hydrogen-bond donors (Lipinski definition) is 3. The molecule has 0 aromatic heterocycles. The zero-order chi connectivity index (χ0) is 29.9. The monoisotopic (exact) mass is 559 g/mol. The van der Waals surface area contributed by atoms with Crippen LogP contribution in [0.25, 0.3) is 10.8 Å². The van der Waals surface area contributed by atoms with E-state index < -0.39 is 29.7 Å². The summed E-state index contributed by atoms with van der Waals surface area (Å²) in [6.45, 7) is 11.0. The van der Waals surface area contributed by atoms with Gasteiger partial charge in [0.05, 0.1) is 0 Å². The first kappa shape index (κ1) is 29.9. The molecule has 2 unspecified atom stereocenters. The fraction of sp³-hybridized carbons (Fsp3) is 0.424. The second kappa shape index (κ2) is 12.2. The molecule has 8 heteroatoms. The Morgan fingerprint density at radius 2 is 1.68 bits per heavy atom. The quantitative estimate of drug-likeness (QED) is 0.279. The standard InChI is InChI=1S/C33H41N3O5/c1-20(2)18-27(35-32(40)41-33(4,5)6)31(39)36(25-16-17-25)28(26-13-9-10-21(3)29(26)37)30(38)34-24-15-14-22-11-7-8-12-23(22)19-24/h7-15,19-20,25,27-28,37H,16-18H2,1-6H3,(H,34,38)(H,35,40). The zero-order valence-corrected chi connectivity index (χ0v) is 24.7. The maximum Gasteiger partial charge on any atom is 0.408 e. The van der Waals surface area contributed by atoms with E-state index in [-0.39, 0.29) is 23.6 Å². The Morgan fingerprint density at radius 1 is 1.00 bits per heavy atom. The first-order chi connectivity index (χ1) is 19.3. The number of benzene rings is 3. The van der Waals surface area contributed by atoms with Crippen LogP contribution in [0.4, 0.5) is 10.5 Å². The van der Waals surface area contributed by atoms with Crippen molar-refractivity contribution in [1.82, 2.24) is 10.2 Å². The molecule has 0 spiro atoms. The number of rotatable bonds is 9. The highest BCUT2D eigenvalue weighted by molar-refractivity contribution is 6.01. The van der Waals surface area contributed by atoms with E-state index >= 15 is 0 Å². The second-order valence-electron chi connectivity index (χ2n) is 12.3. The lowest BCUT2D eigenvalue weighted by Crippen LogP contribution is -2.53. The third kappa shape index (κ3) is 7.57. The normalized spacial score (nSPS) is 14.8. The van der Waals surface area contributed by atoms with Gasteiger partial charge in [0.2, 0.25) is 5.91 Å². The van der Waals surface area contributed by atoms with Crippen molar-refractivity contribution in [3.63, 3.8) is 0 Å². The maximum absolute atomic E-state index is 14.3. The van der Waals surface area contributed by atoms with Gasteiger partial charge in [0.25, 0.3) is 5.91 Å². The van der Waals surface area contributed by atoms with Crippen LogP contribution in [-0.2, 0) is 14.3 Å². The molecule has 218 valence electrons. The third-order valence-electron chi connectivity index (χ3n) is 7.00. The van der Waals surface area contributed by atoms with Gasteiger partial charge in [-0.15, -0.1) is 0 Å². The van der Waals surface area contributed by atoms with Gasteiger partial charge in [-0.05, 0) is 81.3 Å². The summed E-state index contributed by atoms with van der Waals surface area (Å²) < 4.78 is 5.46. The molecule has 0 saturated heterocycles.